The molecule has 0 saturated heterocycles. The Morgan fingerprint density at radius 1 is 1.03 bits per heavy atom. The summed E-state index contributed by atoms with van der Waals surface area (Å²) in [6, 6.07) is 20.5. The molecule has 0 bridgehead atoms. The molecule has 1 aliphatic heterocycles. The van der Waals surface area contributed by atoms with E-state index in [9.17, 15) is 13.2 Å². The summed E-state index contributed by atoms with van der Waals surface area (Å²) in [5.74, 6) is 0.842. The molecule has 8 heteroatoms. The van der Waals surface area contributed by atoms with E-state index in [2.05, 4.69) is 19.2 Å². The molecular weight excluding hydrogens is 440 g/mol. The molecule has 172 valence electrons. The number of fused-ring (bicyclic) bond motifs is 1. The zero-order valence-corrected chi connectivity index (χ0v) is 19.5. The summed E-state index contributed by atoms with van der Waals surface area (Å²) < 4.78 is 39.2. The Bertz CT molecular complexity index is 1240. The average molecular weight is 467 g/mol. The number of carbonyl (C=O) groups is 1. The Balaban J connectivity index is 1.61. The van der Waals surface area contributed by atoms with Gasteiger partial charge in [-0.2, -0.15) is 0 Å². The molecule has 1 aliphatic rings. The van der Waals surface area contributed by atoms with Crippen LogP contribution < -0.4 is 19.1 Å². The number of hydrogen-bond acceptors (Lipinski definition) is 5. The molecule has 0 aliphatic carbocycles. The van der Waals surface area contributed by atoms with Crippen LogP contribution in [0.4, 0.5) is 11.4 Å². The lowest BCUT2D eigenvalue weighted by atomic mass is 10.0. The van der Waals surface area contributed by atoms with Gasteiger partial charge in [-0.1, -0.05) is 38.1 Å². The lowest BCUT2D eigenvalue weighted by molar-refractivity contribution is -0.122. The molecule has 1 amide bonds. The van der Waals surface area contributed by atoms with Crippen molar-refractivity contribution in [3.8, 4) is 11.5 Å². The second-order valence-corrected chi connectivity index (χ2v) is 9.91. The highest BCUT2D eigenvalue weighted by Crippen LogP contribution is 2.37. The highest BCUT2D eigenvalue weighted by Gasteiger charge is 2.37. The maximum Gasteiger partial charge on any atom is 0.267 e. The van der Waals surface area contributed by atoms with E-state index in [-0.39, 0.29) is 11.4 Å². The molecule has 0 radical (unpaired) electrons. The molecule has 3 aromatic rings. The number of carbonyl (C=O) groups excluding carboxylic acids is 1. The van der Waals surface area contributed by atoms with Gasteiger partial charge in [0, 0.05) is 5.69 Å². The molecule has 0 saturated carbocycles. The molecule has 0 aromatic heterocycles. The van der Waals surface area contributed by atoms with Gasteiger partial charge in [-0.3, -0.25) is 9.10 Å². The summed E-state index contributed by atoms with van der Waals surface area (Å²) in [5, 5.41) is 2.83. The van der Waals surface area contributed by atoms with Crippen LogP contribution in [0.25, 0.3) is 0 Å². The van der Waals surface area contributed by atoms with Crippen LogP contribution in [0.1, 0.15) is 25.3 Å². The van der Waals surface area contributed by atoms with Gasteiger partial charge in [0.25, 0.3) is 15.9 Å². The first-order chi connectivity index (χ1) is 15.8. The molecular formula is C25H26N2O5S. The van der Waals surface area contributed by atoms with E-state index in [1.54, 1.807) is 36.4 Å². The fourth-order valence-electron chi connectivity index (χ4n) is 3.62. The van der Waals surface area contributed by atoms with Crippen molar-refractivity contribution in [2.24, 2.45) is 0 Å². The molecule has 1 atom stereocenters. The summed E-state index contributed by atoms with van der Waals surface area (Å²) in [5.41, 5.74) is 2.17. The summed E-state index contributed by atoms with van der Waals surface area (Å²) in [7, 11) is -2.42. The van der Waals surface area contributed by atoms with Crippen LogP contribution in [0.2, 0.25) is 0 Å². The van der Waals surface area contributed by atoms with Gasteiger partial charge in [0.15, 0.2) is 6.10 Å². The molecule has 0 fully saturated rings. The third-order valence-corrected chi connectivity index (χ3v) is 7.31. The number of nitrogens with zero attached hydrogens (tertiary/aromatic N) is 1. The van der Waals surface area contributed by atoms with E-state index < -0.39 is 22.0 Å². The number of methoxy groups -OCH3 is 1. The van der Waals surface area contributed by atoms with E-state index >= 15 is 0 Å². The monoisotopic (exact) mass is 466 g/mol. The Morgan fingerprint density at radius 2 is 1.70 bits per heavy atom. The molecule has 3 aromatic carbocycles. The van der Waals surface area contributed by atoms with Crippen molar-refractivity contribution >= 4 is 27.3 Å². The van der Waals surface area contributed by atoms with Crippen molar-refractivity contribution in [3.63, 3.8) is 0 Å². The number of sulfonamides is 1. The van der Waals surface area contributed by atoms with Gasteiger partial charge in [0.1, 0.15) is 11.5 Å². The van der Waals surface area contributed by atoms with Crippen molar-refractivity contribution in [1.29, 1.82) is 0 Å². The van der Waals surface area contributed by atoms with Gasteiger partial charge < -0.3 is 14.8 Å². The minimum Gasteiger partial charge on any atom is -0.497 e. The van der Waals surface area contributed by atoms with E-state index in [4.69, 9.17) is 9.47 Å². The Kier molecular flexibility index (Phi) is 6.29. The SMILES string of the molecule is COc1ccc(S(=O)(=O)N2C[C@@H](C(=O)Nc3ccc(C(C)C)cc3)Oc3ccccc32)cc1. The number of para-hydroxylation sites is 2. The minimum atomic E-state index is -3.94. The first-order valence-electron chi connectivity index (χ1n) is 10.6. The van der Waals surface area contributed by atoms with E-state index in [1.807, 2.05) is 24.3 Å². The van der Waals surface area contributed by atoms with E-state index in [0.717, 1.165) is 5.56 Å². The number of rotatable bonds is 6. The number of amides is 1. The van der Waals surface area contributed by atoms with Gasteiger partial charge >= 0.3 is 0 Å². The van der Waals surface area contributed by atoms with Crippen LogP contribution in [0.3, 0.4) is 0 Å². The fourth-order valence-corrected chi connectivity index (χ4v) is 5.09. The number of hydrogen-bond donors (Lipinski definition) is 1. The van der Waals surface area contributed by atoms with Gasteiger partial charge in [0.2, 0.25) is 0 Å². The lowest BCUT2D eigenvalue weighted by Crippen LogP contribution is -2.48. The smallest absolute Gasteiger partial charge is 0.267 e. The average Bonchev–Trinajstić information content (AvgIpc) is 2.83. The number of anilines is 2. The fraction of sp³-hybridized carbons (Fsp3) is 0.240. The van der Waals surface area contributed by atoms with Crippen molar-refractivity contribution in [2.75, 3.05) is 23.3 Å². The van der Waals surface area contributed by atoms with Crippen LogP contribution in [0, 0.1) is 0 Å². The number of benzene rings is 3. The maximum absolute atomic E-state index is 13.5. The predicted molar refractivity (Wildman–Crippen MR) is 128 cm³/mol. The normalized spacial score (nSPS) is 15.5. The number of ether oxygens (including phenoxy) is 2. The van der Waals surface area contributed by atoms with Gasteiger partial charge in [-0.15, -0.1) is 0 Å². The minimum absolute atomic E-state index is 0.100. The van der Waals surface area contributed by atoms with Crippen LogP contribution in [-0.4, -0.2) is 34.1 Å². The lowest BCUT2D eigenvalue weighted by Gasteiger charge is -2.34. The van der Waals surface area contributed by atoms with Gasteiger partial charge in [-0.25, -0.2) is 8.42 Å². The van der Waals surface area contributed by atoms with E-state index in [0.29, 0.717) is 28.8 Å². The molecule has 4 rings (SSSR count). The molecule has 0 spiro atoms. The van der Waals surface area contributed by atoms with E-state index in [1.165, 1.54) is 23.5 Å². The zero-order valence-electron chi connectivity index (χ0n) is 18.7. The molecule has 7 nitrogen and oxygen atoms in total. The van der Waals surface area contributed by atoms with Crippen LogP contribution in [0.5, 0.6) is 11.5 Å². The van der Waals surface area contributed by atoms with Crippen LogP contribution >= 0.6 is 0 Å². The van der Waals surface area contributed by atoms with Crippen LogP contribution in [-0.2, 0) is 14.8 Å². The zero-order chi connectivity index (χ0) is 23.6. The predicted octanol–water partition coefficient (Wildman–Crippen LogP) is 4.41. The highest BCUT2D eigenvalue weighted by molar-refractivity contribution is 7.92. The molecule has 33 heavy (non-hydrogen) atoms. The number of nitrogens with one attached hydrogen (secondary N) is 1. The first-order valence-corrected chi connectivity index (χ1v) is 12.1. The first kappa shape index (κ1) is 22.7. The topological polar surface area (TPSA) is 84.9 Å². The van der Waals surface area contributed by atoms with Gasteiger partial charge in [0.05, 0.1) is 24.2 Å². The molecule has 0 unspecified atom stereocenters. The third-order valence-electron chi connectivity index (χ3n) is 5.52. The van der Waals surface area contributed by atoms with Crippen molar-refractivity contribution in [3.05, 3.63) is 78.4 Å². The maximum atomic E-state index is 13.5. The quantitative estimate of drug-likeness (QED) is 0.582. The standard InChI is InChI=1S/C25H26N2O5S/c1-17(2)18-8-10-19(11-9-18)26-25(28)24-16-27(22-6-4-5-7-23(22)32-24)33(29,30)21-14-12-20(31-3)13-15-21/h4-15,17,24H,16H2,1-3H3,(H,26,28)/t24-/m0/s1. The summed E-state index contributed by atoms with van der Waals surface area (Å²) >= 11 is 0. The third kappa shape index (κ3) is 4.66. The largest absolute Gasteiger partial charge is 0.497 e. The van der Waals surface area contributed by atoms with Gasteiger partial charge in [-0.05, 0) is 60.0 Å². The molecule has 1 N–H and O–H groups in total. The summed E-state index contributed by atoms with van der Waals surface area (Å²) in [6.07, 6.45) is -1.02. The second kappa shape index (κ2) is 9.15. The van der Waals surface area contributed by atoms with Crippen molar-refractivity contribution in [1.82, 2.24) is 0 Å². The Morgan fingerprint density at radius 3 is 2.33 bits per heavy atom. The highest BCUT2D eigenvalue weighted by atomic mass is 32.2. The Labute approximate surface area is 194 Å². The Hall–Kier alpha value is -3.52. The molecule has 1 heterocycles. The van der Waals surface area contributed by atoms with Crippen molar-refractivity contribution < 1.29 is 22.7 Å². The second-order valence-electron chi connectivity index (χ2n) is 8.05. The summed E-state index contributed by atoms with van der Waals surface area (Å²) in [6.45, 7) is 4.04. The van der Waals surface area contributed by atoms with Crippen molar-refractivity contribution in [2.45, 2.75) is 30.8 Å². The summed E-state index contributed by atoms with van der Waals surface area (Å²) in [4.78, 5) is 13.1. The van der Waals surface area contributed by atoms with Crippen LogP contribution in [0.15, 0.2) is 77.7 Å².